The van der Waals surface area contributed by atoms with Crippen molar-refractivity contribution in [3.05, 3.63) is 0 Å². The predicted molar refractivity (Wildman–Crippen MR) is 55.0 cm³/mol. The van der Waals surface area contributed by atoms with Gasteiger partial charge in [0.15, 0.2) is 0 Å². The number of fused-ring (bicyclic) bond motifs is 1. The van der Waals surface area contributed by atoms with Crippen LogP contribution in [-0.2, 0) is 4.79 Å². The zero-order chi connectivity index (χ0) is 10.1. The zero-order valence-electron chi connectivity index (χ0n) is 8.91. The van der Waals surface area contributed by atoms with Crippen molar-refractivity contribution < 1.29 is 9.90 Å². The molecule has 2 fully saturated rings. The molecule has 2 rings (SSSR count). The van der Waals surface area contributed by atoms with Crippen LogP contribution in [-0.4, -0.2) is 11.1 Å². The number of carboxylic acid groups (broad SMARTS) is 1. The molecule has 1 N–H and O–H groups in total. The summed E-state index contributed by atoms with van der Waals surface area (Å²) < 4.78 is 0. The lowest BCUT2D eigenvalue weighted by Crippen LogP contribution is -2.18. The maximum atomic E-state index is 10.9. The Balaban J connectivity index is 1.95. The van der Waals surface area contributed by atoms with Crippen molar-refractivity contribution >= 4 is 5.97 Å². The zero-order valence-corrected chi connectivity index (χ0v) is 8.91. The number of carbonyl (C=O) groups is 1. The first-order valence-corrected chi connectivity index (χ1v) is 5.91. The summed E-state index contributed by atoms with van der Waals surface area (Å²) >= 11 is 0. The number of aliphatic carboxylic acids is 1. The van der Waals surface area contributed by atoms with Gasteiger partial charge in [0.05, 0.1) is 5.92 Å². The highest BCUT2D eigenvalue weighted by atomic mass is 16.4. The quantitative estimate of drug-likeness (QED) is 0.737. The lowest BCUT2D eigenvalue weighted by atomic mass is 9.82. The Bertz CT molecular complexity index is 210. The molecule has 0 amide bonds. The summed E-state index contributed by atoms with van der Waals surface area (Å²) in [5.74, 6) is 1.45. The molecule has 0 radical (unpaired) electrons. The van der Waals surface area contributed by atoms with Crippen molar-refractivity contribution in [2.45, 2.75) is 45.4 Å². The minimum atomic E-state index is -0.603. The Morgan fingerprint density at radius 1 is 1.21 bits per heavy atom. The Morgan fingerprint density at radius 2 is 1.71 bits per heavy atom. The van der Waals surface area contributed by atoms with Gasteiger partial charge in [-0.1, -0.05) is 32.6 Å². The van der Waals surface area contributed by atoms with Crippen molar-refractivity contribution in [1.29, 1.82) is 0 Å². The summed E-state index contributed by atoms with van der Waals surface area (Å²) in [4.78, 5) is 10.9. The van der Waals surface area contributed by atoms with Gasteiger partial charge in [0.25, 0.3) is 0 Å². The van der Waals surface area contributed by atoms with E-state index >= 15 is 0 Å². The van der Waals surface area contributed by atoms with E-state index in [0.717, 1.165) is 11.8 Å². The van der Waals surface area contributed by atoms with Gasteiger partial charge in [0.2, 0.25) is 0 Å². The van der Waals surface area contributed by atoms with E-state index in [1.54, 1.807) is 0 Å². The molecule has 0 aromatic rings. The van der Waals surface area contributed by atoms with Gasteiger partial charge < -0.3 is 5.11 Å². The van der Waals surface area contributed by atoms with Crippen molar-refractivity contribution in [2.75, 3.05) is 0 Å². The third kappa shape index (κ3) is 1.79. The molecule has 0 bridgehead atoms. The Hall–Kier alpha value is -0.530. The van der Waals surface area contributed by atoms with Crippen molar-refractivity contribution in [3.8, 4) is 0 Å². The first-order valence-electron chi connectivity index (χ1n) is 5.91. The fourth-order valence-corrected chi connectivity index (χ4v) is 3.39. The van der Waals surface area contributed by atoms with Gasteiger partial charge in [-0.25, -0.2) is 0 Å². The van der Waals surface area contributed by atoms with Crippen LogP contribution in [0.15, 0.2) is 0 Å². The summed E-state index contributed by atoms with van der Waals surface area (Å²) in [5, 5.41) is 8.98. The Kier molecular flexibility index (Phi) is 2.80. The highest BCUT2D eigenvalue weighted by Crippen LogP contribution is 2.47. The Morgan fingerprint density at radius 3 is 2.14 bits per heavy atom. The summed E-state index contributed by atoms with van der Waals surface area (Å²) in [6.07, 6.45) is 7.81. The number of hydrogen-bond donors (Lipinski definition) is 1. The van der Waals surface area contributed by atoms with Crippen LogP contribution in [0.25, 0.3) is 0 Å². The molecule has 2 nitrogen and oxygen atoms in total. The predicted octanol–water partition coefficient (Wildman–Crippen LogP) is 2.92. The summed E-state index contributed by atoms with van der Waals surface area (Å²) in [7, 11) is 0. The molecule has 0 aromatic heterocycles. The second kappa shape index (κ2) is 3.92. The van der Waals surface area contributed by atoms with E-state index in [0.29, 0.717) is 5.92 Å². The highest BCUT2D eigenvalue weighted by molar-refractivity contribution is 5.69. The van der Waals surface area contributed by atoms with Crippen LogP contribution < -0.4 is 0 Å². The van der Waals surface area contributed by atoms with E-state index in [2.05, 4.69) is 0 Å². The van der Waals surface area contributed by atoms with Crippen molar-refractivity contribution in [2.24, 2.45) is 23.7 Å². The first-order chi connectivity index (χ1) is 6.68. The van der Waals surface area contributed by atoms with Crippen molar-refractivity contribution in [1.82, 2.24) is 0 Å². The fourth-order valence-electron chi connectivity index (χ4n) is 3.39. The summed E-state index contributed by atoms with van der Waals surface area (Å²) in [5.41, 5.74) is 0. The molecule has 0 spiro atoms. The smallest absolute Gasteiger partial charge is 0.306 e. The van der Waals surface area contributed by atoms with Gasteiger partial charge in [-0.2, -0.15) is 0 Å². The van der Waals surface area contributed by atoms with Crippen LogP contribution >= 0.6 is 0 Å². The molecule has 2 aliphatic carbocycles. The maximum Gasteiger partial charge on any atom is 0.306 e. The van der Waals surface area contributed by atoms with Crippen LogP contribution in [0, 0.1) is 23.7 Å². The van der Waals surface area contributed by atoms with Gasteiger partial charge in [0.1, 0.15) is 0 Å². The Labute approximate surface area is 85.7 Å². The van der Waals surface area contributed by atoms with Crippen LogP contribution in [0.2, 0.25) is 0 Å². The van der Waals surface area contributed by atoms with Crippen LogP contribution in [0.4, 0.5) is 0 Å². The highest BCUT2D eigenvalue weighted by Gasteiger charge is 2.39. The monoisotopic (exact) mass is 196 g/mol. The SMILES string of the molecule is C[C@H](C(=O)O)C1CC2CCCCC2C1. The average Bonchev–Trinajstić information content (AvgIpc) is 2.59. The molecule has 0 saturated heterocycles. The second-order valence-electron chi connectivity index (χ2n) is 5.16. The standard InChI is InChI=1S/C12H20O2/c1-8(12(13)14)11-6-9-4-2-3-5-10(9)7-11/h8-11H,2-7H2,1H3,(H,13,14)/t8-,9?,10?,11?/m0/s1. The van der Waals surface area contributed by atoms with E-state index in [9.17, 15) is 4.79 Å². The molecule has 0 aromatic carbocycles. The topological polar surface area (TPSA) is 37.3 Å². The van der Waals surface area contributed by atoms with E-state index in [1.165, 1.54) is 38.5 Å². The first kappa shape index (κ1) is 10.0. The summed E-state index contributed by atoms with van der Waals surface area (Å²) in [6.45, 7) is 1.88. The van der Waals surface area contributed by atoms with E-state index < -0.39 is 5.97 Å². The lowest BCUT2D eigenvalue weighted by Gasteiger charge is -2.24. The molecule has 3 atom stereocenters. The van der Waals surface area contributed by atoms with Crippen LogP contribution in [0.1, 0.15) is 45.4 Å². The fraction of sp³-hybridized carbons (Fsp3) is 0.917. The minimum Gasteiger partial charge on any atom is -0.481 e. The van der Waals surface area contributed by atoms with Crippen molar-refractivity contribution in [3.63, 3.8) is 0 Å². The van der Waals surface area contributed by atoms with E-state index in [4.69, 9.17) is 5.11 Å². The van der Waals surface area contributed by atoms with Gasteiger partial charge in [0, 0.05) is 0 Å². The number of carboxylic acids is 1. The molecule has 2 unspecified atom stereocenters. The lowest BCUT2D eigenvalue weighted by molar-refractivity contribution is -0.142. The number of rotatable bonds is 2. The molecular weight excluding hydrogens is 176 g/mol. The molecular formula is C12H20O2. The molecule has 14 heavy (non-hydrogen) atoms. The molecule has 2 aliphatic rings. The third-order valence-corrected chi connectivity index (χ3v) is 4.37. The third-order valence-electron chi connectivity index (χ3n) is 4.37. The summed E-state index contributed by atoms with van der Waals surface area (Å²) in [6, 6.07) is 0. The maximum absolute atomic E-state index is 10.9. The minimum absolute atomic E-state index is 0.124. The van der Waals surface area contributed by atoms with Gasteiger partial charge in [-0.05, 0) is 30.6 Å². The van der Waals surface area contributed by atoms with Gasteiger partial charge in [-0.15, -0.1) is 0 Å². The largest absolute Gasteiger partial charge is 0.481 e. The molecule has 2 heteroatoms. The van der Waals surface area contributed by atoms with Crippen LogP contribution in [0.3, 0.4) is 0 Å². The normalized spacial score (nSPS) is 39.1. The number of hydrogen-bond acceptors (Lipinski definition) is 1. The van der Waals surface area contributed by atoms with E-state index in [-0.39, 0.29) is 5.92 Å². The molecule has 0 aliphatic heterocycles. The molecule has 0 heterocycles. The van der Waals surface area contributed by atoms with Gasteiger partial charge in [-0.3, -0.25) is 4.79 Å². The van der Waals surface area contributed by atoms with Gasteiger partial charge >= 0.3 is 5.97 Å². The van der Waals surface area contributed by atoms with E-state index in [1.807, 2.05) is 6.92 Å². The molecule has 80 valence electrons. The van der Waals surface area contributed by atoms with Crippen LogP contribution in [0.5, 0.6) is 0 Å². The second-order valence-corrected chi connectivity index (χ2v) is 5.16. The average molecular weight is 196 g/mol. The molecule has 2 saturated carbocycles.